The Hall–Kier alpha value is 0.310. The first-order chi connectivity index (χ1) is 6.74. The summed E-state index contributed by atoms with van der Waals surface area (Å²) in [4.78, 5) is 0. The van der Waals surface area contributed by atoms with E-state index in [-0.39, 0.29) is 0 Å². The minimum Gasteiger partial charge on any atom is -0.313 e. The highest BCUT2D eigenvalue weighted by molar-refractivity contribution is 8.00. The molecule has 1 rings (SSSR count). The van der Waals surface area contributed by atoms with Gasteiger partial charge in [-0.3, -0.25) is 0 Å². The zero-order valence-corrected chi connectivity index (χ0v) is 10.7. The molecule has 1 nitrogen and oxygen atoms in total. The summed E-state index contributed by atoms with van der Waals surface area (Å²) in [6.45, 7) is 7.99. The van der Waals surface area contributed by atoms with Crippen LogP contribution in [0.3, 0.4) is 0 Å². The molecule has 0 radical (unpaired) electrons. The minimum absolute atomic E-state index is 0.773. The lowest BCUT2D eigenvalue weighted by Gasteiger charge is -2.26. The fourth-order valence-electron chi connectivity index (χ4n) is 2.28. The van der Waals surface area contributed by atoms with Crippen molar-refractivity contribution in [2.75, 3.05) is 6.54 Å². The van der Waals surface area contributed by atoms with Gasteiger partial charge in [0.1, 0.15) is 0 Å². The zero-order valence-electron chi connectivity index (χ0n) is 9.88. The number of hydrogen-bond acceptors (Lipinski definition) is 2. The van der Waals surface area contributed by atoms with Gasteiger partial charge in [0, 0.05) is 11.3 Å². The van der Waals surface area contributed by atoms with Gasteiger partial charge in [0.15, 0.2) is 0 Å². The van der Waals surface area contributed by atoms with Crippen molar-refractivity contribution >= 4 is 11.8 Å². The van der Waals surface area contributed by atoms with Gasteiger partial charge in [0.25, 0.3) is 0 Å². The molecule has 0 saturated heterocycles. The van der Waals surface area contributed by atoms with Gasteiger partial charge in [-0.15, -0.1) is 0 Å². The Kier molecular flexibility index (Phi) is 5.95. The molecule has 14 heavy (non-hydrogen) atoms. The molecule has 1 fully saturated rings. The van der Waals surface area contributed by atoms with Gasteiger partial charge in [-0.25, -0.2) is 0 Å². The molecule has 0 aromatic heterocycles. The summed E-state index contributed by atoms with van der Waals surface area (Å²) in [6, 6.07) is 0.773. The summed E-state index contributed by atoms with van der Waals surface area (Å²) in [5.74, 6) is 0. The van der Waals surface area contributed by atoms with Gasteiger partial charge in [0.05, 0.1) is 0 Å². The zero-order chi connectivity index (χ0) is 10.4. The van der Waals surface area contributed by atoms with E-state index >= 15 is 0 Å². The van der Waals surface area contributed by atoms with Gasteiger partial charge in [0.2, 0.25) is 0 Å². The Morgan fingerprint density at radius 1 is 1.21 bits per heavy atom. The first kappa shape index (κ1) is 12.4. The molecule has 2 heteroatoms. The number of rotatable bonds is 4. The largest absolute Gasteiger partial charge is 0.313 e. The van der Waals surface area contributed by atoms with Crippen LogP contribution in [-0.4, -0.2) is 23.1 Å². The molecule has 84 valence electrons. The third-order valence-electron chi connectivity index (χ3n) is 2.87. The Bertz CT molecular complexity index is 147. The van der Waals surface area contributed by atoms with E-state index in [1.54, 1.807) is 0 Å². The summed E-state index contributed by atoms with van der Waals surface area (Å²) in [6.07, 6.45) is 7.11. The standard InChI is InChI=1S/C12H25NS/c1-4-13-11-8-6-5-7-9-12(11)14-10(2)3/h10-13H,4-9H2,1-3H3. The lowest BCUT2D eigenvalue weighted by molar-refractivity contribution is 0.482. The van der Waals surface area contributed by atoms with E-state index in [1.807, 2.05) is 0 Å². The highest BCUT2D eigenvalue weighted by Gasteiger charge is 2.23. The maximum absolute atomic E-state index is 3.66. The molecule has 0 amide bonds. The predicted molar refractivity (Wildman–Crippen MR) is 67.1 cm³/mol. The Labute approximate surface area is 93.4 Å². The van der Waals surface area contributed by atoms with Crippen LogP contribution >= 0.6 is 11.8 Å². The summed E-state index contributed by atoms with van der Waals surface area (Å²) in [5, 5.41) is 5.29. The van der Waals surface area contributed by atoms with Crippen LogP contribution < -0.4 is 5.32 Å². The molecular formula is C12H25NS. The topological polar surface area (TPSA) is 12.0 Å². The highest BCUT2D eigenvalue weighted by atomic mass is 32.2. The number of nitrogens with one attached hydrogen (secondary N) is 1. The van der Waals surface area contributed by atoms with Crippen LogP contribution in [0.4, 0.5) is 0 Å². The third-order valence-corrected chi connectivity index (χ3v) is 4.32. The van der Waals surface area contributed by atoms with Gasteiger partial charge in [-0.1, -0.05) is 40.0 Å². The molecule has 0 aromatic rings. The molecule has 1 saturated carbocycles. The number of hydrogen-bond donors (Lipinski definition) is 1. The second-order valence-corrected chi connectivity index (χ2v) is 6.35. The third kappa shape index (κ3) is 4.22. The van der Waals surface area contributed by atoms with Crippen molar-refractivity contribution in [1.29, 1.82) is 0 Å². The molecule has 0 heterocycles. The van der Waals surface area contributed by atoms with Crippen molar-refractivity contribution in [3.63, 3.8) is 0 Å². The highest BCUT2D eigenvalue weighted by Crippen LogP contribution is 2.30. The van der Waals surface area contributed by atoms with Crippen molar-refractivity contribution in [2.45, 2.75) is 69.4 Å². The van der Waals surface area contributed by atoms with Crippen LogP contribution in [0.1, 0.15) is 52.9 Å². The minimum atomic E-state index is 0.773. The van der Waals surface area contributed by atoms with Crippen LogP contribution in [0.5, 0.6) is 0 Å². The van der Waals surface area contributed by atoms with E-state index in [0.29, 0.717) is 0 Å². The molecular weight excluding hydrogens is 190 g/mol. The van der Waals surface area contributed by atoms with Crippen molar-refractivity contribution in [2.24, 2.45) is 0 Å². The Morgan fingerprint density at radius 2 is 1.93 bits per heavy atom. The monoisotopic (exact) mass is 215 g/mol. The average molecular weight is 215 g/mol. The molecule has 0 bridgehead atoms. The first-order valence-electron chi connectivity index (χ1n) is 6.13. The van der Waals surface area contributed by atoms with Crippen molar-refractivity contribution < 1.29 is 0 Å². The van der Waals surface area contributed by atoms with Crippen LogP contribution in [0.2, 0.25) is 0 Å². The van der Waals surface area contributed by atoms with Crippen molar-refractivity contribution in [1.82, 2.24) is 5.32 Å². The summed E-state index contributed by atoms with van der Waals surface area (Å²) in [5.41, 5.74) is 0. The molecule has 0 aliphatic heterocycles. The van der Waals surface area contributed by atoms with Crippen LogP contribution in [0, 0.1) is 0 Å². The molecule has 2 unspecified atom stereocenters. The van der Waals surface area contributed by atoms with Gasteiger partial charge >= 0.3 is 0 Å². The van der Waals surface area contributed by atoms with E-state index in [1.165, 1.54) is 32.1 Å². The fraction of sp³-hybridized carbons (Fsp3) is 1.00. The second-order valence-electron chi connectivity index (χ2n) is 4.53. The molecule has 1 aliphatic carbocycles. The van der Waals surface area contributed by atoms with E-state index in [2.05, 4.69) is 37.8 Å². The van der Waals surface area contributed by atoms with E-state index in [4.69, 9.17) is 0 Å². The van der Waals surface area contributed by atoms with Crippen LogP contribution in [0.25, 0.3) is 0 Å². The van der Waals surface area contributed by atoms with Gasteiger partial charge in [-0.2, -0.15) is 11.8 Å². The summed E-state index contributed by atoms with van der Waals surface area (Å²) in [7, 11) is 0. The first-order valence-corrected chi connectivity index (χ1v) is 7.07. The maximum Gasteiger partial charge on any atom is 0.0203 e. The van der Waals surface area contributed by atoms with E-state index < -0.39 is 0 Å². The Morgan fingerprint density at radius 3 is 2.57 bits per heavy atom. The summed E-state index contributed by atoms with van der Waals surface area (Å²) < 4.78 is 0. The van der Waals surface area contributed by atoms with E-state index in [9.17, 15) is 0 Å². The maximum atomic E-state index is 3.66. The van der Waals surface area contributed by atoms with Crippen LogP contribution in [-0.2, 0) is 0 Å². The Balaban J connectivity index is 2.45. The van der Waals surface area contributed by atoms with Crippen molar-refractivity contribution in [3.8, 4) is 0 Å². The molecule has 0 aromatic carbocycles. The van der Waals surface area contributed by atoms with Crippen molar-refractivity contribution in [3.05, 3.63) is 0 Å². The SMILES string of the molecule is CCNC1CCCCCC1SC(C)C. The molecule has 0 spiro atoms. The molecule has 1 N–H and O–H groups in total. The predicted octanol–water partition coefficient (Wildman–Crippen LogP) is 3.44. The smallest absolute Gasteiger partial charge is 0.0203 e. The van der Waals surface area contributed by atoms with Gasteiger partial charge in [-0.05, 0) is 24.6 Å². The normalized spacial score (nSPS) is 29.1. The molecule has 1 aliphatic rings. The average Bonchev–Trinajstić information content (AvgIpc) is 2.32. The number of thioether (sulfide) groups is 1. The van der Waals surface area contributed by atoms with E-state index in [0.717, 1.165) is 23.1 Å². The lowest BCUT2D eigenvalue weighted by atomic mass is 10.1. The van der Waals surface area contributed by atoms with Crippen LogP contribution in [0.15, 0.2) is 0 Å². The summed E-state index contributed by atoms with van der Waals surface area (Å²) >= 11 is 2.17. The second kappa shape index (κ2) is 6.73. The molecule has 2 atom stereocenters. The fourth-order valence-corrected chi connectivity index (χ4v) is 3.71. The lowest BCUT2D eigenvalue weighted by Crippen LogP contribution is -2.37. The quantitative estimate of drug-likeness (QED) is 0.721. The van der Waals surface area contributed by atoms with Gasteiger partial charge < -0.3 is 5.32 Å².